The molecule has 0 bridgehead atoms. The number of para-hydroxylation sites is 1. The van der Waals surface area contributed by atoms with Gasteiger partial charge in [-0.25, -0.2) is 4.31 Å². The van der Waals surface area contributed by atoms with E-state index in [1.165, 1.54) is 5.56 Å². The molecular formula is C15H21N3OS. The van der Waals surface area contributed by atoms with Crippen molar-refractivity contribution in [3.05, 3.63) is 29.8 Å². The van der Waals surface area contributed by atoms with E-state index in [4.69, 9.17) is 0 Å². The van der Waals surface area contributed by atoms with Gasteiger partial charge in [0.05, 0.1) is 11.7 Å². The zero-order valence-electron chi connectivity index (χ0n) is 12.0. The predicted octanol–water partition coefficient (Wildman–Crippen LogP) is 1.71. The van der Waals surface area contributed by atoms with Crippen LogP contribution in [0.2, 0.25) is 0 Å². The molecule has 2 heterocycles. The highest BCUT2D eigenvalue weighted by atomic mass is 32.2. The molecule has 1 fully saturated rings. The summed E-state index contributed by atoms with van der Waals surface area (Å²) in [7, 11) is -2.11. The van der Waals surface area contributed by atoms with Crippen LogP contribution in [0.15, 0.2) is 29.3 Å². The van der Waals surface area contributed by atoms with Crippen molar-refractivity contribution in [1.82, 2.24) is 9.21 Å². The van der Waals surface area contributed by atoms with E-state index in [9.17, 15) is 4.21 Å². The molecule has 1 saturated heterocycles. The molecule has 1 aromatic carbocycles. The minimum absolute atomic E-state index is 0.250. The summed E-state index contributed by atoms with van der Waals surface area (Å²) in [6.07, 6.45) is 3.76. The van der Waals surface area contributed by atoms with Crippen molar-refractivity contribution in [3.63, 3.8) is 0 Å². The Morgan fingerprint density at radius 1 is 1.35 bits per heavy atom. The number of nitrogens with zero attached hydrogens (tertiary/aromatic N) is 3. The lowest BCUT2D eigenvalue weighted by atomic mass is 10.1. The van der Waals surface area contributed by atoms with Gasteiger partial charge in [-0.05, 0) is 18.9 Å². The summed E-state index contributed by atoms with van der Waals surface area (Å²) in [5.74, 6) is 3.81. The molecule has 2 aliphatic rings. The Morgan fingerprint density at radius 2 is 2.10 bits per heavy atom. The van der Waals surface area contributed by atoms with Gasteiger partial charge < -0.3 is 0 Å². The molecule has 3 unspecified atom stereocenters. The lowest BCUT2D eigenvalue weighted by Crippen LogP contribution is -2.54. The molecule has 0 saturated carbocycles. The minimum Gasteiger partial charge on any atom is -0.289 e. The first-order valence-electron chi connectivity index (χ1n) is 6.93. The molecule has 2 aliphatic heterocycles. The number of piperazine rings is 1. The second kappa shape index (κ2) is 4.98. The fraction of sp³-hybridized carbons (Fsp3) is 0.467. The Hall–Kier alpha value is -1.17. The van der Waals surface area contributed by atoms with Crippen LogP contribution in [0.4, 0.5) is 5.69 Å². The van der Waals surface area contributed by atoms with Gasteiger partial charge in [0.25, 0.3) is 0 Å². The van der Waals surface area contributed by atoms with Gasteiger partial charge in [0.1, 0.15) is 0 Å². The molecule has 0 aliphatic carbocycles. The maximum atomic E-state index is 12.1. The third-order valence-corrected chi connectivity index (χ3v) is 5.63. The van der Waals surface area contributed by atoms with Gasteiger partial charge in [0.15, 0.2) is 0 Å². The third-order valence-electron chi connectivity index (χ3n) is 4.10. The van der Waals surface area contributed by atoms with E-state index < -0.39 is 9.71 Å². The summed E-state index contributed by atoms with van der Waals surface area (Å²) < 4.78 is 14.2. The lowest BCUT2D eigenvalue weighted by Gasteiger charge is -2.42. The quantitative estimate of drug-likeness (QED) is 0.778. The standard InChI is InChI=1S/C15H21N3OS/c1-12-11-17(8-9-18(12)20(2,3)19)15-10-16-14-7-5-4-6-13(14)15/h4-7,10,12,15H,2,8-9,11H2,1,3H3. The van der Waals surface area contributed by atoms with Crippen LogP contribution >= 0.6 is 0 Å². The molecule has 4 nitrogen and oxygen atoms in total. The first-order chi connectivity index (χ1) is 9.47. The van der Waals surface area contributed by atoms with Crippen LogP contribution in [0.5, 0.6) is 0 Å². The summed E-state index contributed by atoms with van der Waals surface area (Å²) in [5, 5.41) is 0. The van der Waals surface area contributed by atoms with E-state index in [1.54, 1.807) is 6.26 Å². The Kier molecular flexibility index (Phi) is 3.44. The monoisotopic (exact) mass is 291 g/mol. The predicted molar refractivity (Wildman–Crippen MR) is 86.3 cm³/mol. The number of benzene rings is 1. The van der Waals surface area contributed by atoms with Gasteiger partial charge in [-0.2, -0.15) is 0 Å². The molecule has 0 N–H and O–H groups in total. The molecule has 0 radical (unpaired) electrons. The summed E-state index contributed by atoms with van der Waals surface area (Å²) in [6, 6.07) is 8.80. The zero-order chi connectivity index (χ0) is 14.3. The second-order valence-corrected chi connectivity index (χ2v) is 8.11. The summed E-state index contributed by atoms with van der Waals surface area (Å²) in [4.78, 5) is 6.92. The van der Waals surface area contributed by atoms with Gasteiger partial charge in [0, 0.05) is 53.4 Å². The highest BCUT2D eigenvalue weighted by Crippen LogP contribution is 2.35. The average Bonchev–Trinajstić information content (AvgIpc) is 2.80. The number of hydrogen-bond acceptors (Lipinski definition) is 3. The first-order valence-corrected chi connectivity index (χ1v) is 9.02. The lowest BCUT2D eigenvalue weighted by molar-refractivity contribution is 0.133. The molecule has 3 rings (SSSR count). The molecule has 5 heteroatoms. The molecule has 108 valence electrons. The summed E-state index contributed by atoms with van der Waals surface area (Å²) >= 11 is 0. The third kappa shape index (κ3) is 2.41. The molecule has 0 amide bonds. The number of aliphatic imine (C=N–C) groups is 1. The fourth-order valence-corrected chi connectivity index (χ4v) is 4.47. The van der Waals surface area contributed by atoms with Crippen molar-refractivity contribution < 1.29 is 4.21 Å². The SMILES string of the molecule is C=S(C)(=O)N1CCN(C2C=Nc3ccccc32)CC1C. The van der Waals surface area contributed by atoms with E-state index in [-0.39, 0.29) is 12.1 Å². The largest absolute Gasteiger partial charge is 0.289 e. The normalized spacial score (nSPS) is 30.1. The Bertz CT molecular complexity index is 638. The van der Waals surface area contributed by atoms with Crippen LogP contribution in [0.1, 0.15) is 18.5 Å². The maximum absolute atomic E-state index is 12.1. The summed E-state index contributed by atoms with van der Waals surface area (Å²) in [5.41, 5.74) is 2.35. The fourth-order valence-electron chi connectivity index (χ4n) is 3.17. The van der Waals surface area contributed by atoms with E-state index >= 15 is 0 Å². The molecule has 3 atom stereocenters. The van der Waals surface area contributed by atoms with E-state index in [0.29, 0.717) is 0 Å². The van der Waals surface area contributed by atoms with Gasteiger partial charge in [0.2, 0.25) is 0 Å². The topological polar surface area (TPSA) is 35.9 Å². The van der Waals surface area contributed by atoms with Crippen molar-refractivity contribution in [1.29, 1.82) is 0 Å². The van der Waals surface area contributed by atoms with Crippen molar-refractivity contribution >= 4 is 27.5 Å². The molecule has 1 aromatic rings. The van der Waals surface area contributed by atoms with Crippen molar-refractivity contribution in [2.75, 3.05) is 25.9 Å². The number of hydrogen-bond donors (Lipinski definition) is 0. The number of fused-ring (bicyclic) bond motifs is 1. The minimum atomic E-state index is -2.11. The first kappa shape index (κ1) is 13.8. The molecule has 20 heavy (non-hydrogen) atoms. The summed E-state index contributed by atoms with van der Waals surface area (Å²) in [6.45, 7) is 4.71. The second-order valence-electron chi connectivity index (χ2n) is 5.73. The Morgan fingerprint density at radius 3 is 2.80 bits per heavy atom. The van der Waals surface area contributed by atoms with Crippen LogP contribution in [0, 0.1) is 0 Å². The van der Waals surface area contributed by atoms with Crippen LogP contribution in [0.3, 0.4) is 0 Å². The highest BCUT2D eigenvalue weighted by molar-refractivity contribution is 7.97. The van der Waals surface area contributed by atoms with Crippen molar-refractivity contribution in [3.8, 4) is 0 Å². The molecule has 0 spiro atoms. The van der Waals surface area contributed by atoms with Gasteiger partial charge in [-0.15, -0.1) is 0 Å². The van der Waals surface area contributed by atoms with E-state index in [0.717, 1.165) is 25.3 Å². The molecule has 0 aromatic heterocycles. The molecular weight excluding hydrogens is 270 g/mol. The van der Waals surface area contributed by atoms with Gasteiger partial charge >= 0.3 is 0 Å². The number of rotatable bonds is 2. The Balaban J connectivity index is 1.78. The van der Waals surface area contributed by atoms with E-state index in [1.807, 2.05) is 16.6 Å². The smallest absolute Gasteiger partial charge is 0.0728 e. The Labute approximate surface area is 121 Å². The van der Waals surface area contributed by atoms with Crippen molar-refractivity contribution in [2.24, 2.45) is 4.99 Å². The zero-order valence-corrected chi connectivity index (χ0v) is 12.8. The highest BCUT2D eigenvalue weighted by Gasteiger charge is 2.32. The van der Waals surface area contributed by atoms with E-state index in [2.05, 4.69) is 40.9 Å². The van der Waals surface area contributed by atoms with Crippen molar-refractivity contribution in [2.45, 2.75) is 19.0 Å². The van der Waals surface area contributed by atoms with Gasteiger partial charge in [-0.3, -0.25) is 14.1 Å². The van der Waals surface area contributed by atoms with Crippen LogP contribution < -0.4 is 0 Å². The van der Waals surface area contributed by atoms with Crippen LogP contribution in [-0.2, 0) is 9.71 Å². The van der Waals surface area contributed by atoms with Crippen LogP contribution in [-0.4, -0.2) is 57.4 Å². The van der Waals surface area contributed by atoms with Gasteiger partial charge in [-0.1, -0.05) is 18.2 Å². The van der Waals surface area contributed by atoms with Crippen LogP contribution in [0.25, 0.3) is 0 Å². The average molecular weight is 291 g/mol. The maximum Gasteiger partial charge on any atom is 0.0728 e.